The molecule has 0 spiro atoms. The molecule has 0 heterocycles. The van der Waals surface area contributed by atoms with Crippen LogP contribution in [0.25, 0.3) is 0 Å². The lowest BCUT2D eigenvalue weighted by Crippen LogP contribution is -2.18. The van der Waals surface area contributed by atoms with Crippen LogP contribution in [0.1, 0.15) is 6.42 Å². The lowest BCUT2D eigenvalue weighted by atomic mass is 10.1. The van der Waals surface area contributed by atoms with E-state index in [0.717, 1.165) is 4.48 Å². The van der Waals surface area contributed by atoms with Crippen molar-refractivity contribution in [3.05, 3.63) is 34.0 Å². The average molecular weight is 229 g/mol. The molecular formula is C8H9BrN2O. The van der Waals surface area contributed by atoms with Crippen molar-refractivity contribution in [2.45, 2.75) is 6.42 Å². The molecule has 0 aromatic carbocycles. The van der Waals surface area contributed by atoms with Gasteiger partial charge in [0, 0.05) is 10.2 Å². The van der Waals surface area contributed by atoms with E-state index in [9.17, 15) is 4.79 Å². The van der Waals surface area contributed by atoms with Gasteiger partial charge in [0.05, 0.1) is 5.57 Å². The van der Waals surface area contributed by atoms with Gasteiger partial charge in [0.25, 0.3) is 0 Å². The fraction of sp³-hybridized carbons (Fsp3) is 0.125. The summed E-state index contributed by atoms with van der Waals surface area (Å²) < 4.78 is 0.868. The first-order valence-electron chi connectivity index (χ1n) is 3.44. The van der Waals surface area contributed by atoms with E-state index >= 15 is 0 Å². The fourth-order valence-electron chi connectivity index (χ4n) is 0.935. The summed E-state index contributed by atoms with van der Waals surface area (Å²) in [7, 11) is 0. The highest BCUT2D eigenvalue weighted by molar-refractivity contribution is 9.11. The van der Waals surface area contributed by atoms with Gasteiger partial charge in [-0.15, -0.1) is 0 Å². The summed E-state index contributed by atoms with van der Waals surface area (Å²) in [6, 6.07) is 0. The minimum Gasteiger partial charge on any atom is -0.398 e. The first kappa shape index (κ1) is 9.06. The number of carbonyl (C=O) groups is 1. The van der Waals surface area contributed by atoms with Gasteiger partial charge in [-0.3, -0.25) is 4.79 Å². The van der Waals surface area contributed by atoms with Crippen molar-refractivity contribution < 1.29 is 4.79 Å². The third-order valence-electron chi connectivity index (χ3n) is 1.50. The summed E-state index contributed by atoms with van der Waals surface area (Å²) in [4.78, 5) is 10.8. The number of allylic oxidation sites excluding steroid dienone is 4. The third kappa shape index (κ3) is 1.98. The molecule has 1 aliphatic carbocycles. The Morgan fingerprint density at radius 2 is 2.17 bits per heavy atom. The first-order valence-corrected chi connectivity index (χ1v) is 4.23. The maximum atomic E-state index is 10.8. The van der Waals surface area contributed by atoms with Crippen molar-refractivity contribution in [3.63, 3.8) is 0 Å². The number of rotatable bonds is 1. The standard InChI is InChI=1S/C8H9BrN2O/c9-5-2-1-3-6(8(11)12)7(10)4-5/h2-4H,1,10H2,(H2,11,12). The molecule has 12 heavy (non-hydrogen) atoms. The Morgan fingerprint density at radius 1 is 1.50 bits per heavy atom. The van der Waals surface area contributed by atoms with E-state index in [0.29, 0.717) is 17.7 Å². The normalized spacial score (nSPS) is 17.2. The van der Waals surface area contributed by atoms with Crippen LogP contribution in [0.5, 0.6) is 0 Å². The number of carbonyl (C=O) groups excluding carboxylic acids is 1. The quantitative estimate of drug-likeness (QED) is 0.701. The number of amides is 1. The van der Waals surface area contributed by atoms with E-state index in [2.05, 4.69) is 15.9 Å². The molecular weight excluding hydrogens is 220 g/mol. The highest BCUT2D eigenvalue weighted by Crippen LogP contribution is 2.17. The summed E-state index contributed by atoms with van der Waals surface area (Å²) in [6.07, 6.45) is 5.95. The molecule has 1 aliphatic rings. The van der Waals surface area contributed by atoms with Gasteiger partial charge in [-0.2, -0.15) is 0 Å². The average Bonchev–Trinajstić information content (AvgIpc) is 2.10. The van der Waals surface area contributed by atoms with Crippen LogP contribution in [0.4, 0.5) is 0 Å². The van der Waals surface area contributed by atoms with E-state index in [1.807, 2.05) is 6.08 Å². The van der Waals surface area contributed by atoms with Crippen molar-refractivity contribution in [2.24, 2.45) is 11.5 Å². The summed E-state index contributed by atoms with van der Waals surface area (Å²) in [6.45, 7) is 0. The monoisotopic (exact) mass is 228 g/mol. The van der Waals surface area contributed by atoms with Crippen LogP contribution in [0, 0.1) is 0 Å². The summed E-state index contributed by atoms with van der Waals surface area (Å²) in [5.74, 6) is -0.487. The minimum absolute atomic E-state index is 0.390. The van der Waals surface area contributed by atoms with E-state index in [1.54, 1.807) is 12.2 Å². The Morgan fingerprint density at radius 3 is 2.75 bits per heavy atom. The molecule has 0 aliphatic heterocycles. The smallest absolute Gasteiger partial charge is 0.250 e. The molecule has 0 aromatic heterocycles. The van der Waals surface area contributed by atoms with Crippen LogP contribution in [0.2, 0.25) is 0 Å². The summed E-state index contributed by atoms with van der Waals surface area (Å²) in [5.41, 5.74) is 11.5. The zero-order chi connectivity index (χ0) is 9.14. The van der Waals surface area contributed by atoms with Crippen molar-refractivity contribution >= 4 is 21.8 Å². The molecule has 0 bridgehead atoms. The largest absolute Gasteiger partial charge is 0.398 e. The Hall–Kier alpha value is -1.03. The SMILES string of the molecule is NC(=O)C1=CCC=C(Br)C=C1N. The zero-order valence-electron chi connectivity index (χ0n) is 6.38. The molecule has 0 unspecified atom stereocenters. The van der Waals surface area contributed by atoms with Gasteiger partial charge in [0.2, 0.25) is 5.91 Å². The van der Waals surface area contributed by atoms with Crippen molar-refractivity contribution in [2.75, 3.05) is 0 Å². The molecule has 0 fully saturated rings. The molecule has 4 heteroatoms. The van der Waals surface area contributed by atoms with Gasteiger partial charge in [0.15, 0.2) is 0 Å². The first-order chi connectivity index (χ1) is 5.61. The van der Waals surface area contributed by atoms with E-state index in [1.165, 1.54) is 0 Å². The molecule has 0 aromatic rings. The molecule has 0 atom stereocenters. The molecule has 1 amide bonds. The number of halogens is 1. The number of nitrogens with two attached hydrogens (primary N) is 2. The maximum absolute atomic E-state index is 10.8. The zero-order valence-corrected chi connectivity index (χ0v) is 7.97. The highest BCUT2D eigenvalue weighted by atomic mass is 79.9. The van der Waals surface area contributed by atoms with Crippen molar-refractivity contribution in [3.8, 4) is 0 Å². The Kier molecular flexibility index (Phi) is 2.70. The van der Waals surface area contributed by atoms with Gasteiger partial charge in [-0.25, -0.2) is 0 Å². The second-order valence-corrected chi connectivity index (χ2v) is 3.32. The molecule has 0 saturated carbocycles. The van der Waals surface area contributed by atoms with Crippen LogP contribution >= 0.6 is 15.9 Å². The lowest BCUT2D eigenvalue weighted by Gasteiger charge is -2.00. The predicted octanol–water partition coefficient (Wildman–Crippen LogP) is 0.923. The summed E-state index contributed by atoms with van der Waals surface area (Å²) >= 11 is 3.27. The topological polar surface area (TPSA) is 69.1 Å². The summed E-state index contributed by atoms with van der Waals surface area (Å²) in [5, 5.41) is 0. The van der Waals surface area contributed by atoms with Crippen LogP contribution in [0.3, 0.4) is 0 Å². The number of hydrogen-bond acceptors (Lipinski definition) is 2. The number of hydrogen-bond donors (Lipinski definition) is 2. The fourth-order valence-corrected chi connectivity index (χ4v) is 1.37. The molecule has 0 radical (unpaired) electrons. The van der Waals surface area contributed by atoms with Gasteiger partial charge in [0.1, 0.15) is 0 Å². The molecule has 0 saturated heterocycles. The Labute approximate surface area is 78.9 Å². The van der Waals surface area contributed by atoms with Crippen molar-refractivity contribution in [1.29, 1.82) is 0 Å². The molecule has 3 nitrogen and oxygen atoms in total. The van der Waals surface area contributed by atoms with Gasteiger partial charge >= 0.3 is 0 Å². The molecule has 64 valence electrons. The lowest BCUT2D eigenvalue weighted by molar-refractivity contribution is -0.114. The van der Waals surface area contributed by atoms with E-state index in [4.69, 9.17) is 11.5 Å². The second kappa shape index (κ2) is 3.58. The van der Waals surface area contributed by atoms with Crippen LogP contribution < -0.4 is 11.5 Å². The van der Waals surface area contributed by atoms with Gasteiger partial charge < -0.3 is 11.5 Å². The van der Waals surface area contributed by atoms with Crippen molar-refractivity contribution in [1.82, 2.24) is 0 Å². The van der Waals surface area contributed by atoms with E-state index in [-0.39, 0.29) is 0 Å². The second-order valence-electron chi connectivity index (χ2n) is 2.41. The molecule has 1 rings (SSSR count). The maximum Gasteiger partial charge on any atom is 0.250 e. The van der Waals surface area contributed by atoms with E-state index < -0.39 is 5.91 Å². The number of primary amides is 1. The van der Waals surface area contributed by atoms with Crippen LogP contribution in [-0.4, -0.2) is 5.91 Å². The highest BCUT2D eigenvalue weighted by Gasteiger charge is 2.09. The van der Waals surface area contributed by atoms with Gasteiger partial charge in [-0.05, 0) is 12.5 Å². The molecule has 4 N–H and O–H groups in total. The Balaban J connectivity index is 3.01. The van der Waals surface area contributed by atoms with Crippen LogP contribution in [0.15, 0.2) is 34.0 Å². The van der Waals surface area contributed by atoms with Gasteiger partial charge in [-0.1, -0.05) is 28.1 Å². The van der Waals surface area contributed by atoms with Crippen LogP contribution in [-0.2, 0) is 4.79 Å². The third-order valence-corrected chi connectivity index (χ3v) is 2.06. The Bertz CT molecular complexity index is 302. The minimum atomic E-state index is -0.487. The predicted molar refractivity (Wildman–Crippen MR) is 51.2 cm³/mol.